The maximum absolute atomic E-state index is 4.90. The van der Waals surface area contributed by atoms with Gasteiger partial charge in [-0.15, -0.1) is 0 Å². The second-order valence-electron chi connectivity index (χ2n) is 7.65. The molecule has 6 aromatic heterocycles. The molecule has 0 saturated heterocycles. The predicted octanol–water partition coefficient (Wildman–Crippen LogP) is 5.46. The maximum Gasteiger partial charge on any atom is 0.137 e. The summed E-state index contributed by atoms with van der Waals surface area (Å²) in [4.78, 5) is 18.9. The number of hydrogen-bond donors (Lipinski definition) is 0. The molecule has 32 heavy (non-hydrogen) atoms. The molecule has 0 aliphatic rings. The van der Waals surface area contributed by atoms with Crippen molar-refractivity contribution in [3.8, 4) is 11.6 Å². The fourth-order valence-electron chi connectivity index (χ4n) is 4.64. The summed E-state index contributed by atoms with van der Waals surface area (Å²) in [5.74, 6) is 1.68. The van der Waals surface area contributed by atoms with Crippen molar-refractivity contribution in [2.45, 2.75) is 0 Å². The normalized spacial score (nSPS) is 11.8. The van der Waals surface area contributed by atoms with Crippen LogP contribution in [0.5, 0.6) is 0 Å². The van der Waals surface area contributed by atoms with Crippen LogP contribution in [0.1, 0.15) is 0 Å². The zero-order valence-electron chi connectivity index (χ0n) is 16.9. The minimum absolute atomic E-state index is 0.827. The van der Waals surface area contributed by atoms with Crippen LogP contribution in [0.15, 0.2) is 97.6 Å². The summed E-state index contributed by atoms with van der Waals surface area (Å²) in [5.41, 5.74) is 5.77. The molecule has 6 heterocycles. The number of fused-ring (bicyclic) bond motifs is 7. The van der Waals surface area contributed by atoms with Gasteiger partial charge in [0.1, 0.15) is 28.2 Å². The van der Waals surface area contributed by atoms with E-state index in [0.717, 1.165) is 55.5 Å². The molecule has 0 unspecified atom stereocenters. The molecular weight excluding hydrogens is 396 g/mol. The number of hydrogen-bond acceptors (Lipinski definition) is 4. The van der Waals surface area contributed by atoms with E-state index in [1.807, 2.05) is 67.3 Å². The molecule has 0 bridgehead atoms. The smallest absolute Gasteiger partial charge is 0.137 e. The van der Waals surface area contributed by atoms with Crippen molar-refractivity contribution in [1.82, 2.24) is 29.1 Å². The molecule has 6 nitrogen and oxygen atoms in total. The Morgan fingerprint density at radius 1 is 0.469 bits per heavy atom. The van der Waals surface area contributed by atoms with Crippen molar-refractivity contribution in [1.29, 1.82) is 0 Å². The molecule has 0 saturated carbocycles. The number of para-hydroxylation sites is 1. The summed E-state index contributed by atoms with van der Waals surface area (Å²) >= 11 is 0. The highest BCUT2D eigenvalue weighted by atomic mass is 15.1. The van der Waals surface area contributed by atoms with Gasteiger partial charge < -0.3 is 0 Å². The second-order valence-corrected chi connectivity index (χ2v) is 7.65. The van der Waals surface area contributed by atoms with Crippen molar-refractivity contribution in [2.24, 2.45) is 0 Å². The first-order chi connectivity index (χ1) is 15.9. The van der Waals surface area contributed by atoms with Crippen LogP contribution in [0.25, 0.3) is 55.5 Å². The van der Waals surface area contributed by atoms with Crippen molar-refractivity contribution in [3.05, 3.63) is 97.6 Å². The van der Waals surface area contributed by atoms with Crippen LogP contribution >= 0.6 is 0 Å². The Balaban J connectivity index is 1.81. The molecule has 0 aliphatic heterocycles. The van der Waals surface area contributed by atoms with E-state index < -0.39 is 0 Å². The Kier molecular flexibility index (Phi) is 3.46. The van der Waals surface area contributed by atoms with Crippen LogP contribution in [0, 0.1) is 0 Å². The highest BCUT2D eigenvalue weighted by Gasteiger charge is 2.22. The lowest BCUT2D eigenvalue weighted by Gasteiger charge is -2.10. The fraction of sp³-hybridized carbons (Fsp3) is 0. The quantitative estimate of drug-likeness (QED) is 0.378. The van der Waals surface area contributed by atoms with E-state index in [-0.39, 0.29) is 0 Å². The molecule has 0 amide bonds. The van der Waals surface area contributed by atoms with Gasteiger partial charge in [-0.3, -0.25) is 19.1 Å². The molecule has 1 aromatic carbocycles. The van der Waals surface area contributed by atoms with Gasteiger partial charge in [0.05, 0.1) is 16.6 Å². The van der Waals surface area contributed by atoms with Crippen LogP contribution in [0.4, 0.5) is 0 Å². The van der Waals surface area contributed by atoms with Crippen LogP contribution < -0.4 is 0 Å². The van der Waals surface area contributed by atoms with E-state index in [1.165, 1.54) is 0 Å². The van der Waals surface area contributed by atoms with Crippen LogP contribution in [0.2, 0.25) is 0 Å². The molecule has 0 N–H and O–H groups in total. The zero-order valence-corrected chi connectivity index (χ0v) is 16.9. The minimum atomic E-state index is 0.827. The zero-order chi connectivity index (χ0) is 21.1. The number of nitrogens with zero attached hydrogens (tertiary/aromatic N) is 6. The second kappa shape index (κ2) is 6.46. The van der Waals surface area contributed by atoms with E-state index in [4.69, 9.17) is 4.98 Å². The van der Waals surface area contributed by atoms with Gasteiger partial charge in [-0.2, -0.15) is 0 Å². The van der Waals surface area contributed by atoms with Gasteiger partial charge in [-0.1, -0.05) is 30.3 Å². The van der Waals surface area contributed by atoms with Crippen molar-refractivity contribution >= 4 is 43.9 Å². The van der Waals surface area contributed by atoms with Gasteiger partial charge in [0.15, 0.2) is 0 Å². The lowest BCUT2D eigenvalue weighted by Crippen LogP contribution is -2.01. The molecule has 0 fully saturated rings. The minimum Gasteiger partial charge on any atom is -0.292 e. The van der Waals surface area contributed by atoms with Gasteiger partial charge in [-0.05, 0) is 42.5 Å². The SMILES string of the molecule is c1ccc(-n2c3ccccc3c3cnc4c5ncccc5n(-c5ccccn5)c4c32)nc1. The molecule has 7 rings (SSSR count). The Morgan fingerprint density at radius 2 is 1.12 bits per heavy atom. The third-order valence-electron chi connectivity index (χ3n) is 5.92. The molecule has 0 aliphatic carbocycles. The topological polar surface area (TPSA) is 61.4 Å². The molecule has 0 spiro atoms. The summed E-state index contributed by atoms with van der Waals surface area (Å²) in [5, 5.41) is 2.20. The van der Waals surface area contributed by atoms with Crippen LogP contribution in [-0.2, 0) is 0 Å². The Hall–Kier alpha value is -4.58. The highest BCUT2D eigenvalue weighted by Crippen LogP contribution is 2.39. The van der Waals surface area contributed by atoms with Gasteiger partial charge in [-0.25, -0.2) is 9.97 Å². The van der Waals surface area contributed by atoms with Gasteiger partial charge in [0.25, 0.3) is 0 Å². The molecule has 6 heteroatoms. The Bertz CT molecular complexity index is 1630. The van der Waals surface area contributed by atoms with Gasteiger partial charge >= 0.3 is 0 Å². The largest absolute Gasteiger partial charge is 0.292 e. The number of benzene rings is 1. The Morgan fingerprint density at radius 3 is 1.88 bits per heavy atom. The van der Waals surface area contributed by atoms with E-state index >= 15 is 0 Å². The van der Waals surface area contributed by atoms with E-state index in [9.17, 15) is 0 Å². The first-order valence-corrected chi connectivity index (χ1v) is 10.4. The summed E-state index contributed by atoms with van der Waals surface area (Å²) in [6.07, 6.45) is 7.40. The monoisotopic (exact) mass is 412 g/mol. The van der Waals surface area contributed by atoms with Gasteiger partial charge in [0, 0.05) is 35.6 Å². The maximum atomic E-state index is 4.90. The fourth-order valence-corrected chi connectivity index (χ4v) is 4.64. The standard InChI is InChI=1S/C26H16N6/c1-2-9-19-17(8-1)18-16-30-24-23-20(10-7-15-29-23)32(22-12-4-6-14-28-22)26(24)25(18)31(19)21-11-3-5-13-27-21/h1-16H. The average Bonchev–Trinajstić information content (AvgIpc) is 3.38. The van der Waals surface area contributed by atoms with Gasteiger partial charge in [0.2, 0.25) is 0 Å². The molecule has 0 radical (unpaired) electrons. The van der Waals surface area contributed by atoms with Crippen molar-refractivity contribution in [2.75, 3.05) is 0 Å². The number of pyridine rings is 4. The third-order valence-corrected chi connectivity index (χ3v) is 5.92. The van der Waals surface area contributed by atoms with Crippen LogP contribution in [-0.4, -0.2) is 29.1 Å². The molecule has 7 aromatic rings. The molecule has 150 valence electrons. The van der Waals surface area contributed by atoms with E-state index in [2.05, 4.69) is 54.4 Å². The lowest BCUT2D eigenvalue weighted by atomic mass is 10.2. The summed E-state index contributed by atoms with van der Waals surface area (Å²) < 4.78 is 4.37. The lowest BCUT2D eigenvalue weighted by molar-refractivity contribution is 1.06. The first-order valence-electron chi connectivity index (χ1n) is 10.4. The number of rotatable bonds is 2. The third kappa shape index (κ3) is 2.23. The molecular formula is C26H16N6. The predicted molar refractivity (Wildman–Crippen MR) is 126 cm³/mol. The summed E-state index contributed by atoms with van der Waals surface area (Å²) in [6.45, 7) is 0. The summed E-state index contributed by atoms with van der Waals surface area (Å²) in [6, 6.07) is 24.3. The average molecular weight is 412 g/mol. The molecule has 0 atom stereocenters. The Labute approximate surface area is 182 Å². The van der Waals surface area contributed by atoms with Crippen molar-refractivity contribution in [3.63, 3.8) is 0 Å². The summed E-state index contributed by atoms with van der Waals surface area (Å²) in [7, 11) is 0. The van der Waals surface area contributed by atoms with Crippen LogP contribution in [0.3, 0.4) is 0 Å². The van der Waals surface area contributed by atoms with Crippen molar-refractivity contribution < 1.29 is 0 Å². The highest BCUT2D eigenvalue weighted by molar-refractivity contribution is 6.21. The van der Waals surface area contributed by atoms with E-state index in [1.54, 1.807) is 0 Å². The number of aromatic nitrogens is 6. The van der Waals surface area contributed by atoms with E-state index in [0.29, 0.717) is 0 Å². The first kappa shape index (κ1) is 17.1.